The van der Waals surface area contributed by atoms with Gasteiger partial charge in [0, 0.05) is 0 Å². The van der Waals surface area contributed by atoms with Crippen LogP contribution in [-0.2, 0) is 10.8 Å². The van der Waals surface area contributed by atoms with Gasteiger partial charge in [-0.3, -0.25) is 0 Å². The molecular formula is C19H26. The summed E-state index contributed by atoms with van der Waals surface area (Å²) in [6.45, 7) is 16.1. The van der Waals surface area contributed by atoms with Crippen LogP contribution in [-0.4, -0.2) is 0 Å². The molecular weight excluding hydrogens is 228 g/mol. The van der Waals surface area contributed by atoms with Crippen molar-refractivity contribution < 1.29 is 0 Å². The summed E-state index contributed by atoms with van der Waals surface area (Å²) in [7, 11) is 0. The van der Waals surface area contributed by atoms with Crippen LogP contribution in [0.2, 0.25) is 0 Å². The van der Waals surface area contributed by atoms with Gasteiger partial charge in [-0.1, -0.05) is 71.9 Å². The Bertz CT molecular complexity index is 604. The average molecular weight is 254 g/mol. The van der Waals surface area contributed by atoms with Gasteiger partial charge in [0.1, 0.15) is 0 Å². The van der Waals surface area contributed by atoms with E-state index in [1.54, 1.807) is 0 Å². The molecule has 0 unspecified atom stereocenters. The monoisotopic (exact) mass is 254 g/mol. The second-order valence-corrected chi connectivity index (χ2v) is 7.66. The minimum Gasteiger partial charge on any atom is -0.0616 e. The maximum Gasteiger partial charge on any atom is -0.0123 e. The van der Waals surface area contributed by atoms with Gasteiger partial charge in [0.2, 0.25) is 0 Å². The van der Waals surface area contributed by atoms with Gasteiger partial charge in [0.15, 0.2) is 0 Å². The summed E-state index contributed by atoms with van der Waals surface area (Å²) in [4.78, 5) is 0. The Labute approximate surface area is 117 Å². The van der Waals surface area contributed by atoms with E-state index in [0.717, 1.165) is 0 Å². The highest BCUT2D eigenvalue weighted by Gasteiger charge is 2.24. The fraction of sp³-hybridized carbons (Fsp3) is 0.474. The first-order valence-electron chi connectivity index (χ1n) is 7.15. The first-order chi connectivity index (χ1) is 8.62. The summed E-state index contributed by atoms with van der Waals surface area (Å²) in [6.07, 6.45) is 0. The van der Waals surface area contributed by atoms with Crippen molar-refractivity contribution in [2.24, 2.45) is 0 Å². The second-order valence-electron chi connectivity index (χ2n) is 7.66. The highest BCUT2D eigenvalue weighted by molar-refractivity contribution is 5.91. The Hall–Kier alpha value is -1.30. The van der Waals surface area contributed by atoms with E-state index in [4.69, 9.17) is 0 Å². The molecule has 0 bridgehead atoms. The summed E-state index contributed by atoms with van der Waals surface area (Å²) in [5.41, 5.74) is 4.71. The van der Waals surface area contributed by atoms with Crippen LogP contribution < -0.4 is 0 Å². The zero-order valence-electron chi connectivity index (χ0n) is 13.4. The molecule has 0 saturated carbocycles. The van der Waals surface area contributed by atoms with E-state index in [1.807, 2.05) is 0 Å². The third-order valence-corrected chi connectivity index (χ3v) is 3.80. The molecule has 0 aliphatic heterocycles. The first kappa shape index (κ1) is 14.1. The van der Waals surface area contributed by atoms with Gasteiger partial charge < -0.3 is 0 Å². The molecule has 0 amide bonds. The van der Waals surface area contributed by atoms with Crippen LogP contribution in [0.5, 0.6) is 0 Å². The number of rotatable bonds is 0. The Morgan fingerprint density at radius 3 is 1.74 bits per heavy atom. The van der Waals surface area contributed by atoms with Crippen molar-refractivity contribution in [3.8, 4) is 0 Å². The van der Waals surface area contributed by atoms with Crippen molar-refractivity contribution in [3.63, 3.8) is 0 Å². The van der Waals surface area contributed by atoms with Crippen LogP contribution in [0.3, 0.4) is 0 Å². The smallest absolute Gasteiger partial charge is 0.0123 e. The molecule has 19 heavy (non-hydrogen) atoms. The fourth-order valence-electron chi connectivity index (χ4n) is 3.13. The first-order valence-corrected chi connectivity index (χ1v) is 7.15. The lowest BCUT2D eigenvalue weighted by atomic mass is 9.76. The molecule has 0 spiro atoms. The lowest BCUT2D eigenvalue weighted by Gasteiger charge is -2.29. The molecule has 0 aromatic heterocycles. The molecule has 2 rings (SSSR count). The molecule has 0 heteroatoms. The van der Waals surface area contributed by atoms with Crippen LogP contribution >= 0.6 is 0 Å². The molecule has 0 radical (unpaired) electrons. The molecule has 0 nitrogen and oxygen atoms in total. The van der Waals surface area contributed by atoms with Gasteiger partial charge in [-0.15, -0.1) is 0 Å². The molecule has 0 saturated heterocycles. The molecule has 2 aromatic carbocycles. The van der Waals surface area contributed by atoms with E-state index in [-0.39, 0.29) is 10.8 Å². The normalized spacial score (nSPS) is 13.0. The van der Waals surface area contributed by atoms with Gasteiger partial charge in [0.05, 0.1) is 0 Å². The minimum absolute atomic E-state index is 0.181. The Morgan fingerprint density at radius 2 is 1.26 bits per heavy atom. The average Bonchev–Trinajstić information content (AvgIpc) is 2.24. The molecule has 102 valence electrons. The maximum atomic E-state index is 2.39. The molecule has 0 fully saturated rings. The Kier molecular flexibility index (Phi) is 3.24. The van der Waals surface area contributed by atoms with E-state index in [9.17, 15) is 0 Å². The van der Waals surface area contributed by atoms with E-state index in [2.05, 4.69) is 78.8 Å². The topological polar surface area (TPSA) is 0 Å². The lowest BCUT2D eigenvalue weighted by Crippen LogP contribution is -2.17. The molecule has 2 aromatic rings. The van der Waals surface area contributed by atoms with Crippen LogP contribution in [0, 0.1) is 6.92 Å². The third-order valence-electron chi connectivity index (χ3n) is 3.80. The van der Waals surface area contributed by atoms with Gasteiger partial charge in [-0.05, 0) is 45.2 Å². The van der Waals surface area contributed by atoms with E-state index < -0.39 is 0 Å². The van der Waals surface area contributed by atoms with Crippen molar-refractivity contribution in [2.45, 2.75) is 59.3 Å². The predicted molar refractivity (Wildman–Crippen MR) is 86.1 cm³/mol. The highest BCUT2D eigenvalue weighted by atomic mass is 14.3. The number of fused-ring (bicyclic) bond motifs is 1. The zero-order valence-corrected chi connectivity index (χ0v) is 13.4. The zero-order chi connectivity index (χ0) is 14.4. The summed E-state index contributed by atoms with van der Waals surface area (Å²) in [5.74, 6) is 0. The third kappa shape index (κ3) is 2.54. The van der Waals surface area contributed by atoms with Crippen LogP contribution in [0.4, 0.5) is 0 Å². The van der Waals surface area contributed by atoms with Gasteiger partial charge in [-0.25, -0.2) is 0 Å². The van der Waals surface area contributed by atoms with Crippen molar-refractivity contribution in [1.82, 2.24) is 0 Å². The number of hydrogen-bond acceptors (Lipinski definition) is 0. The van der Waals surface area contributed by atoms with Crippen LogP contribution in [0.1, 0.15) is 58.2 Å². The maximum absolute atomic E-state index is 2.39. The van der Waals surface area contributed by atoms with Crippen molar-refractivity contribution >= 4 is 10.8 Å². The van der Waals surface area contributed by atoms with E-state index >= 15 is 0 Å². The largest absolute Gasteiger partial charge is 0.0616 e. The number of hydrogen-bond donors (Lipinski definition) is 0. The molecule has 0 atom stereocenters. The SMILES string of the molecule is Cc1cc(C(C)(C)C)c2ccccc2c1C(C)(C)C. The number of benzene rings is 2. The van der Waals surface area contributed by atoms with Crippen LogP contribution in [0.15, 0.2) is 30.3 Å². The fourth-order valence-corrected chi connectivity index (χ4v) is 3.13. The Balaban J connectivity index is 2.94. The summed E-state index contributed by atoms with van der Waals surface area (Å²) < 4.78 is 0. The summed E-state index contributed by atoms with van der Waals surface area (Å²) in [6, 6.07) is 11.2. The van der Waals surface area contributed by atoms with Gasteiger partial charge >= 0.3 is 0 Å². The standard InChI is InChI=1S/C19H26/c1-13-12-16(18(2,3)4)14-10-8-9-11-15(14)17(13)19(5,6)7/h8-12H,1-7H3. The molecule has 0 aliphatic carbocycles. The number of aryl methyl sites for hydroxylation is 1. The summed E-state index contributed by atoms with van der Waals surface area (Å²) in [5, 5.41) is 2.82. The highest BCUT2D eigenvalue weighted by Crippen LogP contribution is 2.38. The second kappa shape index (κ2) is 4.37. The van der Waals surface area contributed by atoms with Crippen molar-refractivity contribution in [2.75, 3.05) is 0 Å². The van der Waals surface area contributed by atoms with Crippen molar-refractivity contribution in [3.05, 3.63) is 47.0 Å². The molecule has 0 aliphatic rings. The minimum atomic E-state index is 0.181. The Morgan fingerprint density at radius 1 is 0.737 bits per heavy atom. The van der Waals surface area contributed by atoms with Crippen LogP contribution in [0.25, 0.3) is 10.8 Å². The van der Waals surface area contributed by atoms with E-state index in [0.29, 0.717) is 0 Å². The lowest BCUT2D eigenvalue weighted by molar-refractivity contribution is 0.582. The van der Waals surface area contributed by atoms with E-state index in [1.165, 1.54) is 27.5 Å². The molecule has 0 heterocycles. The summed E-state index contributed by atoms with van der Waals surface area (Å²) >= 11 is 0. The van der Waals surface area contributed by atoms with Gasteiger partial charge in [-0.2, -0.15) is 0 Å². The predicted octanol–water partition coefficient (Wildman–Crippen LogP) is 5.74. The molecule has 0 N–H and O–H groups in total. The van der Waals surface area contributed by atoms with Crippen molar-refractivity contribution in [1.29, 1.82) is 0 Å². The van der Waals surface area contributed by atoms with Gasteiger partial charge in [0.25, 0.3) is 0 Å². The quantitative estimate of drug-likeness (QED) is 0.562.